The lowest BCUT2D eigenvalue weighted by molar-refractivity contribution is -0.118. The molecule has 13 heteroatoms. The number of rotatable bonds is 12. The van der Waals surface area contributed by atoms with E-state index in [1.807, 2.05) is 4.68 Å². The number of aliphatic hydroxyl groups excluding tert-OH is 1. The van der Waals surface area contributed by atoms with Crippen LogP contribution >= 0.6 is 0 Å². The molecule has 0 saturated heterocycles. The van der Waals surface area contributed by atoms with E-state index in [9.17, 15) is 22.7 Å². The smallest absolute Gasteiger partial charge is 0.242 e. The van der Waals surface area contributed by atoms with E-state index < -0.39 is 27.8 Å². The molecule has 1 aliphatic carbocycles. The summed E-state index contributed by atoms with van der Waals surface area (Å²) in [6.07, 6.45) is 6.39. The molecule has 2 aromatic carbocycles. The lowest BCUT2D eigenvalue weighted by Crippen LogP contribution is -2.47. The van der Waals surface area contributed by atoms with Gasteiger partial charge >= 0.3 is 0 Å². The highest BCUT2D eigenvalue weighted by molar-refractivity contribution is 7.89. The van der Waals surface area contributed by atoms with E-state index in [-0.39, 0.29) is 23.0 Å². The Labute approximate surface area is 262 Å². The molecule has 0 radical (unpaired) electrons. The molecule has 2 heterocycles. The fraction of sp³-hybridized carbons (Fsp3) is 0.438. The van der Waals surface area contributed by atoms with Crippen molar-refractivity contribution in [1.29, 1.82) is 0 Å². The summed E-state index contributed by atoms with van der Waals surface area (Å²) in [5.74, 6) is -0.831. The van der Waals surface area contributed by atoms with E-state index in [2.05, 4.69) is 27.3 Å². The average Bonchev–Trinajstić information content (AvgIpc) is 3.40. The van der Waals surface area contributed by atoms with Gasteiger partial charge in [-0.1, -0.05) is 39.3 Å². The quantitative estimate of drug-likeness (QED) is 0.154. The predicted octanol–water partition coefficient (Wildman–Crippen LogP) is 5.26. The molecule has 1 saturated carbocycles. The molecular weight excluding hydrogens is 597 g/mol. The van der Waals surface area contributed by atoms with E-state index in [0.29, 0.717) is 41.4 Å². The number of nitrogens with zero attached hydrogens (tertiary/aromatic N) is 4. The molecule has 5 rings (SSSR count). The topological polar surface area (TPSA) is 151 Å². The van der Waals surface area contributed by atoms with Crippen LogP contribution in [0.4, 0.5) is 16.0 Å². The number of nitrogens with one attached hydrogen (secondary N) is 3. The lowest BCUT2D eigenvalue weighted by atomic mass is 9.93. The largest absolute Gasteiger partial charge is 0.393 e. The number of benzene rings is 2. The summed E-state index contributed by atoms with van der Waals surface area (Å²) in [6.45, 7) is 6.35. The molecule has 0 bridgehead atoms. The molecule has 1 atom stereocenters. The fourth-order valence-corrected chi connectivity index (χ4v) is 6.77. The number of fused-ring (bicyclic) bond motifs is 1. The zero-order valence-electron chi connectivity index (χ0n) is 25.7. The highest BCUT2D eigenvalue weighted by atomic mass is 32.2. The third-order valence-corrected chi connectivity index (χ3v) is 9.51. The summed E-state index contributed by atoms with van der Waals surface area (Å²) in [6, 6.07) is 10.6. The Balaban J connectivity index is 1.40. The molecule has 1 fully saturated rings. The standard InChI is InChI=1S/C32H40FN7O4S/c1-4-5-18-34-32-35-19-27-29(38-40(30(27)37-32)24-12-14-25(41)15-13-24)21-6-16-26(17-7-21)45(43,44)39-28(20(2)3)31(42)36-23-10-8-22(33)9-11-23/h6-11,16-17,19-20,24-25,28,39,41H,4-5,12-15,18H2,1-3H3,(H,36,42)(H,34,35,37)/t24-,25+,28?. The van der Waals surface area contributed by atoms with Crippen molar-refractivity contribution in [3.05, 3.63) is 60.5 Å². The molecule has 0 spiro atoms. The SMILES string of the molecule is CCCCNc1ncc2c(-c3ccc(S(=O)(=O)NC(C(=O)Nc4ccc(F)cc4)C(C)C)cc3)nn([C@H]3CC[C@@H](O)CC3)c2n1. The minimum atomic E-state index is -4.08. The molecule has 1 amide bonds. The number of carbonyl (C=O) groups is 1. The maximum atomic E-state index is 13.4. The Kier molecular flexibility index (Phi) is 10.1. The zero-order valence-corrected chi connectivity index (χ0v) is 26.5. The maximum Gasteiger partial charge on any atom is 0.242 e. The van der Waals surface area contributed by atoms with Gasteiger partial charge in [-0.15, -0.1) is 0 Å². The van der Waals surface area contributed by atoms with Gasteiger partial charge in [0.25, 0.3) is 0 Å². The van der Waals surface area contributed by atoms with Crippen molar-refractivity contribution in [3.8, 4) is 11.3 Å². The van der Waals surface area contributed by atoms with Crippen LogP contribution in [0.5, 0.6) is 0 Å². The van der Waals surface area contributed by atoms with Crippen molar-refractivity contribution in [1.82, 2.24) is 24.5 Å². The number of carbonyl (C=O) groups excluding carboxylic acids is 1. The number of unbranched alkanes of at least 4 members (excludes halogenated alkanes) is 1. The van der Waals surface area contributed by atoms with Gasteiger partial charge in [-0.3, -0.25) is 4.79 Å². The van der Waals surface area contributed by atoms with Crippen LogP contribution in [0, 0.1) is 11.7 Å². The van der Waals surface area contributed by atoms with Crippen LogP contribution in [0.15, 0.2) is 59.6 Å². The highest BCUT2D eigenvalue weighted by Crippen LogP contribution is 2.35. The van der Waals surface area contributed by atoms with Crippen LogP contribution in [0.2, 0.25) is 0 Å². The van der Waals surface area contributed by atoms with Gasteiger partial charge in [-0.05, 0) is 74.4 Å². The van der Waals surface area contributed by atoms with Crippen molar-refractivity contribution in [2.45, 2.75) is 82.4 Å². The van der Waals surface area contributed by atoms with E-state index in [4.69, 9.17) is 10.1 Å². The number of sulfonamides is 1. The number of aliphatic hydroxyl groups is 1. The Morgan fingerprint density at radius 2 is 1.76 bits per heavy atom. The molecule has 2 aromatic heterocycles. The number of hydrogen-bond acceptors (Lipinski definition) is 8. The van der Waals surface area contributed by atoms with E-state index in [1.165, 1.54) is 36.4 Å². The fourth-order valence-electron chi connectivity index (χ4n) is 5.43. The molecule has 4 aromatic rings. The molecule has 1 aliphatic rings. The van der Waals surface area contributed by atoms with Gasteiger partial charge in [0, 0.05) is 24.0 Å². The van der Waals surface area contributed by atoms with Gasteiger partial charge in [-0.25, -0.2) is 22.5 Å². The second-order valence-electron chi connectivity index (χ2n) is 11.8. The van der Waals surface area contributed by atoms with Crippen molar-refractivity contribution in [2.24, 2.45) is 5.92 Å². The lowest BCUT2D eigenvalue weighted by Gasteiger charge is -2.25. The Bertz CT molecular complexity index is 1720. The van der Waals surface area contributed by atoms with E-state index in [0.717, 1.165) is 37.6 Å². The summed E-state index contributed by atoms with van der Waals surface area (Å²) in [5, 5.41) is 21.7. The Morgan fingerprint density at radius 3 is 2.40 bits per heavy atom. The summed E-state index contributed by atoms with van der Waals surface area (Å²) in [7, 11) is -4.08. The average molecular weight is 638 g/mol. The van der Waals surface area contributed by atoms with Gasteiger partial charge in [-0.2, -0.15) is 14.8 Å². The molecule has 240 valence electrons. The van der Waals surface area contributed by atoms with Crippen LogP contribution in [0.1, 0.15) is 65.3 Å². The number of aromatic nitrogens is 4. The van der Waals surface area contributed by atoms with Gasteiger partial charge in [0.1, 0.15) is 17.6 Å². The first-order valence-electron chi connectivity index (χ1n) is 15.4. The van der Waals surface area contributed by atoms with Gasteiger partial charge in [0.05, 0.1) is 22.4 Å². The van der Waals surface area contributed by atoms with Gasteiger partial charge < -0.3 is 15.7 Å². The Hall–Kier alpha value is -3.94. The number of anilines is 2. The highest BCUT2D eigenvalue weighted by Gasteiger charge is 2.29. The molecule has 45 heavy (non-hydrogen) atoms. The van der Waals surface area contributed by atoms with Crippen LogP contribution in [-0.2, 0) is 14.8 Å². The zero-order chi connectivity index (χ0) is 32.1. The first-order chi connectivity index (χ1) is 21.6. The molecule has 4 N–H and O–H groups in total. The summed E-state index contributed by atoms with van der Waals surface area (Å²) in [4.78, 5) is 22.3. The Morgan fingerprint density at radius 1 is 1.07 bits per heavy atom. The third-order valence-electron chi connectivity index (χ3n) is 8.06. The van der Waals surface area contributed by atoms with Crippen LogP contribution in [0.25, 0.3) is 22.3 Å². The number of hydrogen-bond donors (Lipinski definition) is 4. The van der Waals surface area contributed by atoms with Crippen molar-refractivity contribution in [3.63, 3.8) is 0 Å². The summed E-state index contributed by atoms with van der Waals surface area (Å²) < 4.78 is 44.5. The molecule has 11 nitrogen and oxygen atoms in total. The first kappa shape index (κ1) is 32.5. The van der Waals surface area contributed by atoms with Crippen molar-refractivity contribution in [2.75, 3.05) is 17.2 Å². The second-order valence-corrected chi connectivity index (χ2v) is 13.5. The minimum absolute atomic E-state index is 0.00449. The molecular formula is C32H40FN7O4S. The van der Waals surface area contributed by atoms with Gasteiger partial charge in [0.15, 0.2) is 5.65 Å². The number of halogens is 1. The second kappa shape index (κ2) is 14.0. The van der Waals surface area contributed by atoms with Crippen LogP contribution in [-0.4, -0.2) is 57.9 Å². The normalized spacial score (nSPS) is 17.8. The summed E-state index contributed by atoms with van der Waals surface area (Å²) in [5.41, 5.74) is 2.37. The summed E-state index contributed by atoms with van der Waals surface area (Å²) >= 11 is 0. The van der Waals surface area contributed by atoms with Crippen LogP contribution in [0.3, 0.4) is 0 Å². The third kappa shape index (κ3) is 7.66. The maximum absolute atomic E-state index is 13.4. The monoisotopic (exact) mass is 637 g/mol. The minimum Gasteiger partial charge on any atom is -0.393 e. The van der Waals surface area contributed by atoms with E-state index in [1.54, 1.807) is 32.2 Å². The molecule has 1 unspecified atom stereocenters. The van der Waals surface area contributed by atoms with Crippen LogP contribution < -0.4 is 15.4 Å². The van der Waals surface area contributed by atoms with Gasteiger partial charge in [0.2, 0.25) is 21.9 Å². The van der Waals surface area contributed by atoms with Crippen molar-refractivity contribution >= 4 is 38.6 Å². The number of amides is 1. The first-order valence-corrected chi connectivity index (χ1v) is 16.9. The predicted molar refractivity (Wildman–Crippen MR) is 172 cm³/mol. The molecule has 0 aliphatic heterocycles. The van der Waals surface area contributed by atoms with Crippen molar-refractivity contribution < 1.29 is 22.7 Å². The van der Waals surface area contributed by atoms with E-state index >= 15 is 0 Å².